The molecule has 0 aliphatic carbocycles. The fourth-order valence-electron chi connectivity index (χ4n) is 3.61. The molecule has 1 heteroatoms. The highest BCUT2D eigenvalue weighted by atomic mass is 32.1. The van der Waals surface area contributed by atoms with Gasteiger partial charge < -0.3 is 0 Å². The van der Waals surface area contributed by atoms with Gasteiger partial charge in [0.25, 0.3) is 0 Å². The second kappa shape index (κ2) is 9.19. The third-order valence-corrected chi connectivity index (χ3v) is 5.99. The van der Waals surface area contributed by atoms with Crippen molar-refractivity contribution in [3.05, 3.63) is 93.2 Å². The zero-order valence-electron chi connectivity index (χ0n) is 17.0. The van der Waals surface area contributed by atoms with Crippen LogP contribution in [-0.4, -0.2) is 0 Å². The fourth-order valence-corrected chi connectivity index (χ4v) is 4.43. The minimum Gasteiger partial charge on any atom is -0.144 e. The molecule has 0 aliphatic heterocycles. The number of hydrogen-bond donors (Lipinski definition) is 0. The number of aryl methyl sites for hydroxylation is 1. The maximum absolute atomic E-state index is 2.31. The van der Waals surface area contributed by atoms with Crippen LogP contribution in [0.15, 0.2) is 66.0 Å². The van der Waals surface area contributed by atoms with Crippen LogP contribution in [0, 0.1) is 6.92 Å². The third-order valence-electron chi connectivity index (χ3n) is 5.10. The lowest BCUT2D eigenvalue weighted by Crippen LogP contribution is -2.00. The molecule has 0 nitrogen and oxygen atoms in total. The zero-order chi connectivity index (χ0) is 19.2. The predicted molar refractivity (Wildman–Crippen MR) is 121 cm³/mol. The quantitative estimate of drug-likeness (QED) is 0.365. The lowest BCUT2D eigenvalue weighted by molar-refractivity contribution is 0.824. The van der Waals surface area contributed by atoms with Gasteiger partial charge in [0.2, 0.25) is 0 Å². The summed E-state index contributed by atoms with van der Waals surface area (Å²) in [5.41, 5.74) is 8.40. The molecule has 0 bridgehead atoms. The fraction of sp³-hybridized carbons (Fsp3) is 0.308. The SMILES string of the molecule is CCCC/C(=C(/c1cccs1)c1ccccc1C(C)C)c1ccc(C)cc1. The lowest BCUT2D eigenvalue weighted by Gasteiger charge is -2.20. The van der Waals surface area contributed by atoms with Crippen molar-refractivity contribution < 1.29 is 0 Å². The minimum absolute atomic E-state index is 0.501. The van der Waals surface area contributed by atoms with Gasteiger partial charge in [0, 0.05) is 10.5 Å². The first-order valence-corrected chi connectivity index (χ1v) is 10.9. The van der Waals surface area contributed by atoms with Crippen LogP contribution in [0.1, 0.15) is 73.1 Å². The largest absolute Gasteiger partial charge is 0.144 e. The molecule has 0 radical (unpaired) electrons. The van der Waals surface area contributed by atoms with Gasteiger partial charge in [0.15, 0.2) is 0 Å². The molecular formula is C26H30S. The summed E-state index contributed by atoms with van der Waals surface area (Å²) >= 11 is 1.85. The summed E-state index contributed by atoms with van der Waals surface area (Å²) in [5.74, 6) is 0.501. The first-order valence-electron chi connectivity index (χ1n) is 10.0. The number of benzene rings is 2. The molecule has 3 rings (SSSR count). The number of hydrogen-bond acceptors (Lipinski definition) is 1. The molecule has 1 aromatic heterocycles. The Bertz CT molecular complexity index is 880. The lowest BCUT2D eigenvalue weighted by atomic mass is 9.85. The highest BCUT2D eigenvalue weighted by molar-refractivity contribution is 7.11. The summed E-state index contributed by atoms with van der Waals surface area (Å²) in [6.45, 7) is 9.03. The monoisotopic (exact) mass is 374 g/mol. The van der Waals surface area contributed by atoms with E-state index in [1.807, 2.05) is 11.3 Å². The Kier molecular flexibility index (Phi) is 6.68. The molecule has 0 amide bonds. The van der Waals surface area contributed by atoms with Crippen molar-refractivity contribution in [3.63, 3.8) is 0 Å². The summed E-state index contributed by atoms with van der Waals surface area (Å²) in [4.78, 5) is 1.37. The zero-order valence-corrected chi connectivity index (χ0v) is 17.8. The summed E-state index contributed by atoms with van der Waals surface area (Å²) < 4.78 is 0. The molecule has 0 aliphatic rings. The predicted octanol–water partition coefficient (Wildman–Crippen LogP) is 8.33. The first-order chi connectivity index (χ1) is 13.1. The third kappa shape index (κ3) is 4.59. The number of allylic oxidation sites excluding steroid dienone is 1. The Morgan fingerprint density at radius 3 is 2.30 bits per heavy atom. The second-order valence-electron chi connectivity index (χ2n) is 7.54. The normalized spacial score (nSPS) is 12.3. The van der Waals surface area contributed by atoms with E-state index in [0.29, 0.717) is 5.92 Å². The van der Waals surface area contributed by atoms with Crippen molar-refractivity contribution in [2.24, 2.45) is 0 Å². The van der Waals surface area contributed by atoms with E-state index in [4.69, 9.17) is 0 Å². The van der Waals surface area contributed by atoms with Gasteiger partial charge in [0.05, 0.1) is 0 Å². The van der Waals surface area contributed by atoms with E-state index < -0.39 is 0 Å². The Morgan fingerprint density at radius 1 is 0.926 bits per heavy atom. The molecule has 0 spiro atoms. The highest BCUT2D eigenvalue weighted by Crippen LogP contribution is 2.40. The highest BCUT2D eigenvalue weighted by Gasteiger charge is 2.18. The van der Waals surface area contributed by atoms with Crippen LogP contribution < -0.4 is 0 Å². The van der Waals surface area contributed by atoms with E-state index in [9.17, 15) is 0 Å². The molecular weight excluding hydrogens is 344 g/mol. The average molecular weight is 375 g/mol. The minimum atomic E-state index is 0.501. The van der Waals surface area contributed by atoms with E-state index in [1.165, 1.54) is 51.1 Å². The van der Waals surface area contributed by atoms with Crippen molar-refractivity contribution in [1.82, 2.24) is 0 Å². The van der Waals surface area contributed by atoms with Crippen LogP contribution in [0.5, 0.6) is 0 Å². The van der Waals surface area contributed by atoms with Crippen LogP contribution >= 0.6 is 11.3 Å². The molecule has 140 valence electrons. The molecule has 0 saturated heterocycles. The summed E-state index contributed by atoms with van der Waals surface area (Å²) in [6.07, 6.45) is 3.53. The van der Waals surface area contributed by atoms with Crippen molar-refractivity contribution >= 4 is 22.5 Å². The van der Waals surface area contributed by atoms with Gasteiger partial charge in [-0.25, -0.2) is 0 Å². The van der Waals surface area contributed by atoms with Gasteiger partial charge >= 0.3 is 0 Å². The first kappa shape index (κ1) is 19.6. The molecule has 0 unspecified atom stereocenters. The van der Waals surface area contributed by atoms with E-state index in [-0.39, 0.29) is 0 Å². The van der Waals surface area contributed by atoms with Crippen molar-refractivity contribution in [2.45, 2.75) is 52.9 Å². The molecule has 0 saturated carbocycles. The maximum atomic E-state index is 2.31. The van der Waals surface area contributed by atoms with Crippen LogP contribution in [0.4, 0.5) is 0 Å². The Labute approximate surface area is 168 Å². The molecule has 1 heterocycles. The Balaban J connectivity index is 2.30. The summed E-state index contributed by atoms with van der Waals surface area (Å²) in [5, 5.41) is 2.19. The summed E-state index contributed by atoms with van der Waals surface area (Å²) in [6, 6.07) is 22.5. The number of thiophene rings is 1. The van der Waals surface area contributed by atoms with Gasteiger partial charge in [-0.1, -0.05) is 87.4 Å². The molecule has 2 aromatic carbocycles. The van der Waals surface area contributed by atoms with Crippen LogP contribution in [0.2, 0.25) is 0 Å². The smallest absolute Gasteiger partial charge is 0.0351 e. The molecule has 27 heavy (non-hydrogen) atoms. The second-order valence-corrected chi connectivity index (χ2v) is 8.49. The standard InChI is InChI=1S/C26H30S/c1-5-6-10-23(21-16-14-20(4)15-17-21)26(25-13-9-18-27-25)24-12-8-7-11-22(24)19(2)3/h7-9,11-19H,5-6,10H2,1-4H3/b26-23-. The van der Waals surface area contributed by atoms with Crippen LogP contribution in [0.3, 0.4) is 0 Å². The van der Waals surface area contributed by atoms with Crippen LogP contribution in [0.25, 0.3) is 11.1 Å². The van der Waals surface area contributed by atoms with Gasteiger partial charge in [0.1, 0.15) is 0 Å². The maximum Gasteiger partial charge on any atom is 0.0351 e. The van der Waals surface area contributed by atoms with Crippen molar-refractivity contribution in [1.29, 1.82) is 0 Å². The van der Waals surface area contributed by atoms with Gasteiger partial charge in [-0.15, -0.1) is 11.3 Å². The van der Waals surface area contributed by atoms with Crippen molar-refractivity contribution in [2.75, 3.05) is 0 Å². The molecule has 0 fully saturated rings. The summed E-state index contributed by atoms with van der Waals surface area (Å²) in [7, 11) is 0. The number of unbranched alkanes of at least 4 members (excludes halogenated alkanes) is 1. The average Bonchev–Trinajstić information content (AvgIpc) is 3.20. The van der Waals surface area contributed by atoms with Gasteiger partial charge in [-0.05, 0) is 59.4 Å². The van der Waals surface area contributed by atoms with E-state index >= 15 is 0 Å². The van der Waals surface area contributed by atoms with Crippen LogP contribution in [-0.2, 0) is 0 Å². The Hall–Kier alpha value is -2.12. The van der Waals surface area contributed by atoms with E-state index in [1.54, 1.807) is 0 Å². The van der Waals surface area contributed by atoms with E-state index in [2.05, 4.69) is 93.7 Å². The molecule has 0 N–H and O–H groups in total. The molecule has 0 atom stereocenters. The topological polar surface area (TPSA) is 0 Å². The number of rotatable bonds is 7. The van der Waals surface area contributed by atoms with Crippen molar-refractivity contribution in [3.8, 4) is 0 Å². The van der Waals surface area contributed by atoms with Gasteiger partial charge in [-0.3, -0.25) is 0 Å². The molecule has 3 aromatic rings. The van der Waals surface area contributed by atoms with E-state index in [0.717, 1.165) is 6.42 Å². The van der Waals surface area contributed by atoms with Gasteiger partial charge in [-0.2, -0.15) is 0 Å². The Morgan fingerprint density at radius 2 is 1.67 bits per heavy atom.